The molecule has 29 heavy (non-hydrogen) atoms. The van der Waals surface area contributed by atoms with Crippen molar-refractivity contribution in [3.8, 4) is 0 Å². The Labute approximate surface area is 173 Å². The van der Waals surface area contributed by atoms with Crippen molar-refractivity contribution in [2.24, 2.45) is 0 Å². The normalized spacial score (nSPS) is 10.8. The van der Waals surface area contributed by atoms with Crippen molar-refractivity contribution in [2.45, 2.75) is 0 Å². The van der Waals surface area contributed by atoms with E-state index in [2.05, 4.69) is 78.9 Å². The molecule has 0 saturated carbocycles. The third-order valence-electron chi connectivity index (χ3n) is 4.86. The summed E-state index contributed by atoms with van der Waals surface area (Å²) >= 11 is -3.57. The molecule has 4 nitrogen and oxygen atoms in total. The summed E-state index contributed by atoms with van der Waals surface area (Å²) in [5.74, 6) is 0. The number of nitrogens with zero attached hydrogens (tertiary/aromatic N) is 1. The van der Waals surface area contributed by atoms with E-state index in [0.717, 1.165) is 3.51 Å². The van der Waals surface area contributed by atoms with E-state index in [1.54, 1.807) is 12.1 Å². The second-order valence-corrected chi connectivity index (χ2v) is 16.2. The van der Waals surface area contributed by atoms with Crippen LogP contribution in [0.3, 0.4) is 0 Å². The predicted octanol–water partition coefficient (Wildman–Crippen LogP) is 2.15. The van der Waals surface area contributed by atoms with Gasteiger partial charge in [-0.05, 0) is 0 Å². The quantitative estimate of drug-likeness (QED) is 0.243. The number of hydrogen-bond donors (Lipinski definition) is 0. The Morgan fingerprint density at radius 3 is 1.31 bits per heavy atom. The van der Waals surface area contributed by atoms with Gasteiger partial charge in [-0.3, -0.25) is 0 Å². The molecule has 4 rings (SSSR count). The SMILES string of the molecule is O.O=[N+]([O-])c1ccc[c]([Sb]([c]2ccccc2)([c]2ccccc2)[c]2ccccc2)c1. The van der Waals surface area contributed by atoms with E-state index < -0.39 is 18.8 Å². The monoisotopic (exact) mass is 492 g/mol. The fourth-order valence-corrected chi connectivity index (χ4v) is 15.9. The maximum absolute atomic E-state index is 11.5. The van der Waals surface area contributed by atoms with E-state index in [1.807, 2.05) is 24.3 Å². The Morgan fingerprint density at radius 2 is 0.931 bits per heavy atom. The van der Waals surface area contributed by atoms with Crippen LogP contribution in [0.2, 0.25) is 0 Å². The van der Waals surface area contributed by atoms with Gasteiger partial charge in [-0.15, -0.1) is 0 Å². The molecule has 4 aromatic carbocycles. The number of benzene rings is 4. The molecule has 145 valence electrons. The maximum atomic E-state index is 11.5. The molecule has 2 N–H and O–H groups in total. The van der Waals surface area contributed by atoms with Crippen LogP contribution in [0.4, 0.5) is 5.69 Å². The summed E-state index contributed by atoms with van der Waals surface area (Å²) < 4.78 is 4.85. The van der Waals surface area contributed by atoms with E-state index in [1.165, 1.54) is 10.5 Å². The Hall–Kier alpha value is -2.94. The van der Waals surface area contributed by atoms with Crippen molar-refractivity contribution in [2.75, 3.05) is 0 Å². The predicted molar refractivity (Wildman–Crippen MR) is 120 cm³/mol. The topological polar surface area (TPSA) is 74.6 Å². The van der Waals surface area contributed by atoms with Crippen LogP contribution in [0.25, 0.3) is 0 Å². The van der Waals surface area contributed by atoms with Gasteiger partial charge in [0.15, 0.2) is 0 Å². The summed E-state index contributed by atoms with van der Waals surface area (Å²) in [5.41, 5.74) is 0.138. The van der Waals surface area contributed by atoms with Gasteiger partial charge in [0.1, 0.15) is 0 Å². The molecule has 0 atom stereocenters. The summed E-state index contributed by atoms with van der Waals surface area (Å²) in [7, 11) is 0. The van der Waals surface area contributed by atoms with Gasteiger partial charge >= 0.3 is 169 Å². The molecule has 0 bridgehead atoms. The first-order valence-electron chi connectivity index (χ1n) is 9.04. The molecule has 0 amide bonds. The van der Waals surface area contributed by atoms with Crippen LogP contribution in [0.15, 0.2) is 115 Å². The van der Waals surface area contributed by atoms with E-state index >= 15 is 0 Å². The zero-order valence-electron chi connectivity index (χ0n) is 15.7. The molecule has 0 spiro atoms. The van der Waals surface area contributed by atoms with Gasteiger partial charge < -0.3 is 5.48 Å². The van der Waals surface area contributed by atoms with Crippen LogP contribution in [-0.2, 0) is 0 Å². The van der Waals surface area contributed by atoms with Crippen molar-refractivity contribution in [1.29, 1.82) is 0 Å². The molecule has 0 unspecified atom stereocenters. The van der Waals surface area contributed by atoms with Crippen LogP contribution in [0.5, 0.6) is 0 Å². The molecule has 0 aliphatic rings. The number of hydrogen-bond acceptors (Lipinski definition) is 2. The van der Waals surface area contributed by atoms with Gasteiger partial charge in [0.05, 0.1) is 0 Å². The fourth-order valence-electron chi connectivity index (χ4n) is 3.66. The average molecular weight is 493 g/mol. The minimum atomic E-state index is -3.57. The Kier molecular flexibility index (Phi) is 6.48. The summed E-state index contributed by atoms with van der Waals surface area (Å²) in [6, 6.07) is 38.6. The molecule has 0 aliphatic carbocycles. The minimum absolute atomic E-state index is 0. The molecule has 0 heterocycles. The van der Waals surface area contributed by atoms with E-state index in [-0.39, 0.29) is 16.1 Å². The fraction of sp³-hybridized carbons (Fsp3) is 0. The Morgan fingerprint density at radius 1 is 0.552 bits per heavy atom. The third kappa shape index (κ3) is 3.82. The second-order valence-electron chi connectivity index (χ2n) is 6.45. The zero-order valence-corrected chi connectivity index (χ0v) is 18.2. The molecular formula is C24H21NO3Sb. The molecule has 4 aromatic rings. The second kappa shape index (κ2) is 9.04. The molecule has 0 aliphatic heterocycles. The van der Waals surface area contributed by atoms with Crippen LogP contribution in [0, 0.1) is 10.1 Å². The van der Waals surface area contributed by atoms with Crippen molar-refractivity contribution < 1.29 is 10.4 Å². The standard InChI is InChI=1S/C6H4NO2.3C6H5.H2O.Sb/c8-7(9)6-4-2-1-3-5-6;3*1-2-4-6-5-3-1;;/h1-2,4-5H;3*1-5H;1H2;. The van der Waals surface area contributed by atoms with Gasteiger partial charge in [0.25, 0.3) is 0 Å². The Balaban J connectivity index is 0.00000240. The summed E-state index contributed by atoms with van der Waals surface area (Å²) in [4.78, 5) is 11.2. The van der Waals surface area contributed by atoms with E-state index in [0.29, 0.717) is 0 Å². The molecular weight excluding hydrogens is 472 g/mol. The molecule has 0 saturated heterocycles. The Bertz CT molecular complexity index is 990. The third-order valence-corrected chi connectivity index (χ3v) is 17.0. The van der Waals surface area contributed by atoms with Crippen molar-refractivity contribution in [3.63, 3.8) is 0 Å². The summed E-state index contributed by atoms with van der Waals surface area (Å²) in [6.45, 7) is 0. The van der Waals surface area contributed by atoms with Crippen molar-refractivity contribution >= 4 is 38.5 Å². The molecule has 1 radical (unpaired) electrons. The first kappa shape index (κ1) is 20.8. The van der Waals surface area contributed by atoms with Gasteiger partial charge in [0, 0.05) is 0 Å². The van der Waals surface area contributed by atoms with Crippen molar-refractivity contribution in [1.82, 2.24) is 0 Å². The summed E-state index contributed by atoms with van der Waals surface area (Å²) in [5, 5.41) is 11.5. The first-order valence-corrected chi connectivity index (χ1v) is 14.1. The number of nitro groups is 1. The first-order chi connectivity index (χ1) is 13.7. The van der Waals surface area contributed by atoms with Gasteiger partial charge in [-0.2, -0.15) is 0 Å². The van der Waals surface area contributed by atoms with Crippen molar-refractivity contribution in [3.05, 3.63) is 125 Å². The summed E-state index contributed by atoms with van der Waals surface area (Å²) in [6.07, 6.45) is 0. The molecule has 0 aromatic heterocycles. The van der Waals surface area contributed by atoms with Crippen LogP contribution >= 0.6 is 0 Å². The molecule has 0 fully saturated rings. The van der Waals surface area contributed by atoms with Crippen LogP contribution in [-0.4, -0.2) is 29.2 Å². The van der Waals surface area contributed by atoms with E-state index in [9.17, 15) is 10.1 Å². The average Bonchev–Trinajstić information content (AvgIpc) is 2.77. The number of non-ortho nitro benzene ring substituents is 1. The number of rotatable bonds is 5. The zero-order chi connectivity index (χ0) is 19.4. The molecule has 5 heteroatoms. The van der Waals surface area contributed by atoms with Gasteiger partial charge in [0.2, 0.25) is 0 Å². The van der Waals surface area contributed by atoms with Crippen LogP contribution < -0.4 is 14.0 Å². The van der Waals surface area contributed by atoms with Gasteiger partial charge in [-0.25, -0.2) is 0 Å². The number of nitro benzene ring substituents is 1. The van der Waals surface area contributed by atoms with E-state index in [4.69, 9.17) is 0 Å². The van der Waals surface area contributed by atoms with Gasteiger partial charge in [-0.1, -0.05) is 0 Å². The van der Waals surface area contributed by atoms with Crippen LogP contribution in [0.1, 0.15) is 0 Å².